The first-order valence-electron chi connectivity index (χ1n) is 7.47. The fourth-order valence-electron chi connectivity index (χ4n) is 3.08. The highest BCUT2D eigenvalue weighted by Crippen LogP contribution is 2.33. The molecule has 17 heavy (non-hydrogen) atoms. The molecular formula is C15H30N2. The van der Waals surface area contributed by atoms with Crippen molar-refractivity contribution in [2.75, 3.05) is 19.6 Å². The van der Waals surface area contributed by atoms with Gasteiger partial charge in [-0.15, -0.1) is 0 Å². The molecule has 2 fully saturated rings. The minimum Gasteiger partial charge on any atom is -0.309 e. The summed E-state index contributed by atoms with van der Waals surface area (Å²) in [5, 5.41) is 3.69. The average Bonchev–Trinajstić information content (AvgIpc) is 2.99. The van der Waals surface area contributed by atoms with Crippen molar-refractivity contribution in [3.8, 4) is 0 Å². The van der Waals surface area contributed by atoms with E-state index in [9.17, 15) is 0 Å². The molecule has 1 unspecified atom stereocenters. The molecule has 1 aliphatic carbocycles. The lowest BCUT2D eigenvalue weighted by Crippen LogP contribution is -2.62. The summed E-state index contributed by atoms with van der Waals surface area (Å²) in [7, 11) is 0. The van der Waals surface area contributed by atoms with E-state index in [1.807, 2.05) is 0 Å². The predicted molar refractivity (Wildman–Crippen MR) is 74.2 cm³/mol. The zero-order chi connectivity index (χ0) is 12.5. The van der Waals surface area contributed by atoms with Crippen LogP contribution in [0.1, 0.15) is 53.4 Å². The Kier molecular flexibility index (Phi) is 4.14. The van der Waals surface area contributed by atoms with Gasteiger partial charge in [0.1, 0.15) is 0 Å². The molecule has 2 nitrogen and oxygen atoms in total. The van der Waals surface area contributed by atoms with Crippen LogP contribution in [-0.2, 0) is 0 Å². The van der Waals surface area contributed by atoms with Crippen molar-refractivity contribution >= 4 is 0 Å². The summed E-state index contributed by atoms with van der Waals surface area (Å²) in [6, 6.07) is 0.738. The maximum atomic E-state index is 3.69. The number of rotatable bonds is 5. The van der Waals surface area contributed by atoms with E-state index in [1.54, 1.807) is 0 Å². The average molecular weight is 238 g/mol. The molecule has 1 N–H and O–H groups in total. The van der Waals surface area contributed by atoms with Crippen LogP contribution in [0.15, 0.2) is 0 Å². The summed E-state index contributed by atoms with van der Waals surface area (Å²) >= 11 is 0. The third kappa shape index (κ3) is 3.96. The first kappa shape index (κ1) is 13.4. The van der Waals surface area contributed by atoms with Crippen LogP contribution in [0.2, 0.25) is 0 Å². The standard InChI is InChI=1S/C15H30N2/c1-12(2)14-10-16-15(3,4)11-17(14)9-5-6-13-7-8-13/h12-14,16H,5-11H2,1-4H3. The third-order valence-corrected chi connectivity index (χ3v) is 4.38. The van der Waals surface area contributed by atoms with Crippen LogP contribution in [0, 0.1) is 11.8 Å². The summed E-state index contributed by atoms with van der Waals surface area (Å²) in [6.45, 7) is 13.1. The molecule has 1 saturated carbocycles. The summed E-state index contributed by atoms with van der Waals surface area (Å²) in [4.78, 5) is 2.74. The van der Waals surface area contributed by atoms with Gasteiger partial charge < -0.3 is 5.32 Å². The van der Waals surface area contributed by atoms with E-state index in [0.29, 0.717) is 5.54 Å². The monoisotopic (exact) mass is 238 g/mol. The molecule has 100 valence electrons. The molecule has 1 atom stereocenters. The molecule has 1 aliphatic heterocycles. The van der Waals surface area contributed by atoms with Crippen molar-refractivity contribution in [1.29, 1.82) is 0 Å². The highest BCUT2D eigenvalue weighted by molar-refractivity contribution is 4.93. The number of nitrogens with one attached hydrogen (secondary N) is 1. The Morgan fingerprint density at radius 3 is 2.59 bits per heavy atom. The van der Waals surface area contributed by atoms with Gasteiger partial charge in [0, 0.05) is 24.7 Å². The molecule has 0 aromatic heterocycles. The van der Waals surface area contributed by atoms with Gasteiger partial charge in [-0.2, -0.15) is 0 Å². The Hall–Kier alpha value is -0.0800. The molecule has 2 heteroatoms. The van der Waals surface area contributed by atoms with Gasteiger partial charge in [0.2, 0.25) is 0 Å². The van der Waals surface area contributed by atoms with Gasteiger partial charge in [0.15, 0.2) is 0 Å². The van der Waals surface area contributed by atoms with E-state index in [-0.39, 0.29) is 0 Å². The number of piperazine rings is 1. The maximum absolute atomic E-state index is 3.69. The molecule has 1 saturated heterocycles. The summed E-state index contributed by atoms with van der Waals surface area (Å²) in [5.74, 6) is 1.85. The van der Waals surface area contributed by atoms with Crippen molar-refractivity contribution in [2.24, 2.45) is 11.8 Å². The van der Waals surface area contributed by atoms with E-state index in [2.05, 4.69) is 37.9 Å². The Labute approximate surface area is 107 Å². The number of nitrogens with zero attached hydrogens (tertiary/aromatic N) is 1. The molecular weight excluding hydrogens is 208 g/mol. The van der Waals surface area contributed by atoms with Gasteiger partial charge in [-0.05, 0) is 45.1 Å². The van der Waals surface area contributed by atoms with Crippen LogP contribution < -0.4 is 5.32 Å². The Morgan fingerprint density at radius 2 is 2.00 bits per heavy atom. The van der Waals surface area contributed by atoms with E-state index in [4.69, 9.17) is 0 Å². The number of hydrogen-bond donors (Lipinski definition) is 1. The molecule has 0 spiro atoms. The molecule has 0 bridgehead atoms. The highest BCUT2D eigenvalue weighted by atomic mass is 15.2. The predicted octanol–water partition coefficient (Wildman–Crippen LogP) is 2.89. The van der Waals surface area contributed by atoms with E-state index >= 15 is 0 Å². The largest absolute Gasteiger partial charge is 0.309 e. The highest BCUT2D eigenvalue weighted by Gasteiger charge is 2.33. The van der Waals surface area contributed by atoms with Crippen molar-refractivity contribution in [3.05, 3.63) is 0 Å². The van der Waals surface area contributed by atoms with Crippen LogP contribution in [0.4, 0.5) is 0 Å². The lowest BCUT2D eigenvalue weighted by Gasteiger charge is -2.46. The van der Waals surface area contributed by atoms with Gasteiger partial charge in [0.25, 0.3) is 0 Å². The van der Waals surface area contributed by atoms with E-state index < -0.39 is 0 Å². The van der Waals surface area contributed by atoms with Gasteiger partial charge in [-0.3, -0.25) is 4.90 Å². The normalized spacial score (nSPS) is 29.8. The topological polar surface area (TPSA) is 15.3 Å². The van der Waals surface area contributed by atoms with Crippen LogP contribution in [0.25, 0.3) is 0 Å². The summed E-state index contributed by atoms with van der Waals surface area (Å²) < 4.78 is 0. The maximum Gasteiger partial charge on any atom is 0.0252 e. The zero-order valence-corrected chi connectivity index (χ0v) is 12.1. The minimum absolute atomic E-state index is 0.297. The Balaban J connectivity index is 1.83. The van der Waals surface area contributed by atoms with Crippen LogP contribution in [0.3, 0.4) is 0 Å². The summed E-state index contributed by atoms with van der Waals surface area (Å²) in [5.41, 5.74) is 0.297. The lowest BCUT2D eigenvalue weighted by atomic mass is 9.93. The fraction of sp³-hybridized carbons (Fsp3) is 1.00. The molecule has 0 aromatic rings. The molecule has 1 heterocycles. The SMILES string of the molecule is CC(C)C1CNC(C)(C)CN1CCCC1CC1. The second-order valence-corrected chi connectivity index (χ2v) is 7.13. The lowest BCUT2D eigenvalue weighted by molar-refractivity contribution is 0.0676. The molecule has 0 amide bonds. The second-order valence-electron chi connectivity index (χ2n) is 7.13. The van der Waals surface area contributed by atoms with Gasteiger partial charge >= 0.3 is 0 Å². The van der Waals surface area contributed by atoms with Gasteiger partial charge in [-0.1, -0.05) is 26.7 Å². The minimum atomic E-state index is 0.297. The molecule has 2 rings (SSSR count). The third-order valence-electron chi connectivity index (χ3n) is 4.38. The van der Waals surface area contributed by atoms with Crippen LogP contribution >= 0.6 is 0 Å². The Bertz CT molecular complexity index is 243. The fourth-order valence-corrected chi connectivity index (χ4v) is 3.08. The zero-order valence-electron chi connectivity index (χ0n) is 12.1. The quantitative estimate of drug-likeness (QED) is 0.792. The molecule has 2 aliphatic rings. The van der Waals surface area contributed by atoms with Gasteiger partial charge in [-0.25, -0.2) is 0 Å². The van der Waals surface area contributed by atoms with Crippen LogP contribution in [0.5, 0.6) is 0 Å². The first-order chi connectivity index (χ1) is 7.98. The van der Waals surface area contributed by atoms with Gasteiger partial charge in [0.05, 0.1) is 0 Å². The Morgan fingerprint density at radius 1 is 1.29 bits per heavy atom. The smallest absolute Gasteiger partial charge is 0.0252 e. The summed E-state index contributed by atoms with van der Waals surface area (Å²) in [6.07, 6.45) is 5.88. The van der Waals surface area contributed by atoms with E-state index in [0.717, 1.165) is 24.4 Å². The molecule has 0 radical (unpaired) electrons. The van der Waals surface area contributed by atoms with Crippen molar-refractivity contribution in [2.45, 2.75) is 65.0 Å². The van der Waals surface area contributed by atoms with E-state index in [1.165, 1.54) is 38.8 Å². The van der Waals surface area contributed by atoms with Crippen molar-refractivity contribution < 1.29 is 0 Å². The van der Waals surface area contributed by atoms with Crippen LogP contribution in [-0.4, -0.2) is 36.1 Å². The second kappa shape index (κ2) is 5.27. The molecule has 0 aromatic carbocycles. The van der Waals surface area contributed by atoms with Crippen molar-refractivity contribution in [1.82, 2.24) is 10.2 Å². The number of hydrogen-bond acceptors (Lipinski definition) is 2. The van der Waals surface area contributed by atoms with Crippen molar-refractivity contribution in [3.63, 3.8) is 0 Å². The first-order valence-corrected chi connectivity index (χ1v) is 7.47.